The zero-order valence-electron chi connectivity index (χ0n) is 9.37. The maximum atomic E-state index is 5.90. The molecule has 0 bridgehead atoms. The van der Waals surface area contributed by atoms with Crippen LogP contribution in [0.4, 0.5) is 11.6 Å². The van der Waals surface area contributed by atoms with Gasteiger partial charge in [0.05, 0.1) is 6.61 Å². The number of halogens is 1. The van der Waals surface area contributed by atoms with Crippen molar-refractivity contribution in [3.63, 3.8) is 0 Å². The molecule has 90 valence electrons. The standard InChI is InChI=1S/C10H17ClN4O/c1-2-3-5-16-6-4-13-10-8(11)9(12)14-7-15-10/h7H,2-6H2,1H3,(H3,12,13,14,15). The first-order valence-corrected chi connectivity index (χ1v) is 5.71. The van der Waals surface area contributed by atoms with Crippen molar-refractivity contribution in [3.05, 3.63) is 11.3 Å². The molecule has 1 heterocycles. The maximum Gasteiger partial charge on any atom is 0.150 e. The fourth-order valence-electron chi connectivity index (χ4n) is 1.10. The van der Waals surface area contributed by atoms with Crippen LogP contribution in [-0.2, 0) is 4.74 Å². The van der Waals surface area contributed by atoms with Crippen molar-refractivity contribution < 1.29 is 4.74 Å². The molecular weight excluding hydrogens is 228 g/mol. The number of hydrogen-bond donors (Lipinski definition) is 2. The predicted molar refractivity (Wildman–Crippen MR) is 65.7 cm³/mol. The molecule has 0 radical (unpaired) electrons. The molecule has 1 aromatic heterocycles. The molecule has 5 nitrogen and oxygen atoms in total. The average Bonchev–Trinajstić information content (AvgIpc) is 2.29. The van der Waals surface area contributed by atoms with Crippen molar-refractivity contribution in [1.29, 1.82) is 0 Å². The van der Waals surface area contributed by atoms with Gasteiger partial charge in [-0.05, 0) is 6.42 Å². The summed E-state index contributed by atoms with van der Waals surface area (Å²) < 4.78 is 5.39. The van der Waals surface area contributed by atoms with Crippen molar-refractivity contribution in [1.82, 2.24) is 9.97 Å². The maximum absolute atomic E-state index is 5.90. The lowest BCUT2D eigenvalue weighted by molar-refractivity contribution is 0.141. The smallest absolute Gasteiger partial charge is 0.150 e. The average molecular weight is 245 g/mol. The number of aromatic nitrogens is 2. The Kier molecular flexibility index (Phi) is 5.88. The Morgan fingerprint density at radius 3 is 3.00 bits per heavy atom. The first-order chi connectivity index (χ1) is 7.75. The van der Waals surface area contributed by atoms with E-state index in [0.717, 1.165) is 19.4 Å². The van der Waals surface area contributed by atoms with E-state index >= 15 is 0 Å². The van der Waals surface area contributed by atoms with E-state index < -0.39 is 0 Å². The number of unbranched alkanes of at least 4 members (excludes halogenated alkanes) is 1. The third-order valence-corrected chi connectivity index (χ3v) is 2.37. The second-order valence-corrected chi connectivity index (χ2v) is 3.69. The molecule has 0 spiro atoms. The van der Waals surface area contributed by atoms with E-state index in [1.807, 2.05) is 0 Å². The van der Waals surface area contributed by atoms with Crippen molar-refractivity contribution in [2.24, 2.45) is 0 Å². The molecule has 0 aliphatic heterocycles. The summed E-state index contributed by atoms with van der Waals surface area (Å²) in [4.78, 5) is 7.75. The van der Waals surface area contributed by atoms with Crippen LogP contribution in [0.5, 0.6) is 0 Å². The van der Waals surface area contributed by atoms with Crippen LogP contribution in [0.2, 0.25) is 5.02 Å². The van der Waals surface area contributed by atoms with Gasteiger partial charge in [-0.25, -0.2) is 9.97 Å². The Morgan fingerprint density at radius 1 is 1.44 bits per heavy atom. The number of rotatable bonds is 7. The molecule has 6 heteroatoms. The first kappa shape index (κ1) is 13.0. The first-order valence-electron chi connectivity index (χ1n) is 5.33. The van der Waals surface area contributed by atoms with Crippen molar-refractivity contribution >= 4 is 23.2 Å². The molecule has 1 aromatic rings. The Balaban J connectivity index is 2.24. The molecule has 0 atom stereocenters. The summed E-state index contributed by atoms with van der Waals surface area (Å²) in [6, 6.07) is 0. The summed E-state index contributed by atoms with van der Waals surface area (Å²) in [6.07, 6.45) is 3.60. The minimum atomic E-state index is 0.283. The SMILES string of the molecule is CCCCOCCNc1ncnc(N)c1Cl. The van der Waals surface area contributed by atoms with Gasteiger partial charge in [-0.3, -0.25) is 0 Å². The quantitative estimate of drug-likeness (QED) is 0.717. The number of hydrogen-bond acceptors (Lipinski definition) is 5. The van der Waals surface area contributed by atoms with E-state index in [1.54, 1.807) is 0 Å². The lowest BCUT2D eigenvalue weighted by atomic mass is 10.4. The zero-order chi connectivity index (χ0) is 11.8. The molecule has 0 saturated heterocycles. The Morgan fingerprint density at radius 2 is 2.25 bits per heavy atom. The van der Waals surface area contributed by atoms with Crippen LogP contribution in [0.1, 0.15) is 19.8 Å². The molecule has 0 aromatic carbocycles. The van der Waals surface area contributed by atoms with Crippen LogP contribution in [0, 0.1) is 0 Å². The fraction of sp³-hybridized carbons (Fsp3) is 0.600. The summed E-state index contributed by atoms with van der Waals surface area (Å²) >= 11 is 5.90. The van der Waals surface area contributed by atoms with E-state index in [-0.39, 0.29) is 5.82 Å². The monoisotopic (exact) mass is 244 g/mol. The van der Waals surface area contributed by atoms with Crippen LogP contribution >= 0.6 is 11.6 Å². The highest BCUT2D eigenvalue weighted by Crippen LogP contribution is 2.22. The van der Waals surface area contributed by atoms with Crippen LogP contribution in [0.3, 0.4) is 0 Å². The van der Waals surface area contributed by atoms with Gasteiger partial charge in [-0.15, -0.1) is 0 Å². The number of ether oxygens (including phenoxy) is 1. The summed E-state index contributed by atoms with van der Waals surface area (Å²) in [5, 5.41) is 3.40. The summed E-state index contributed by atoms with van der Waals surface area (Å²) in [7, 11) is 0. The molecule has 3 N–H and O–H groups in total. The molecular formula is C10H17ClN4O. The minimum absolute atomic E-state index is 0.283. The van der Waals surface area contributed by atoms with E-state index in [0.29, 0.717) is 24.0 Å². The molecule has 0 fully saturated rings. The molecule has 0 saturated carbocycles. The van der Waals surface area contributed by atoms with E-state index in [2.05, 4.69) is 22.2 Å². The van der Waals surface area contributed by atoms with Gasteiger partial charge >= 0.3 is 0 Å². The number of nitrogen functional groups attached to an aromatic ring is 1. The van der Waals surface area contributed by atoms with Gasteiger partial charge in [0, 0.05) is 13.2 Å². The number of nitrogens with zero attached hydrogens (tertiary/aromatic N) is 2. The normalized spacial score (nSPS) is 10.4. The highest BCUT2D eigenvalue weighted by Gasteiger charge is 2.04. The van der Waals surface area contributed by atoms with Gasteiger partial charge in [0.15, 0.2) is 5.82 Å². The zero-order valence-corrected chi connectivity index (χ0v) is 10.1. The van der Waals surface area contributed by atoms with Crippen LogP contribution in [-0.4, -0.2) is 29.7 Å². The molecule has 0 unspecified atom stereocenters. The van der Waals surface area contributed by atoms with Crippen molar-refractivity contribution in [2.45, 2.75) is 19.8 Å². The van der Waals surface area contributed by atoms with Gasteiger partial charge in [-0.1, -0.05) is 24.9 Å². The van der Waals surface area contributed by atoms with Crippen molar-refractivity contribution in [3.8, 4) is 0 Å². The number of nitrogens with one attached hydrogen (secondary N) is 1. The molecule has 0 aliphatic rings. The number of nitrogens with two attached hydrogens (primary N) is 1. The predicted octanol–water partition coefficient (Wildman–Crippen LogP) is 1.94. The summed E-state index contributed by atoms with van der Waals surface area (Å²) in [5.41, 5.74) is 5.54. The van der Waals surface area contributed by atoms with Gasteiger partial charge in [-0.2, -0.15) is 0 Å². The summed E-state index contributed by atoms with van der Waals surface area (Å²) in [6.45, 7) is 4.20. The second kappa shape index (κ2) is 7.24. The van der Waals surface area contributed by atoms with Crippen LogP contribution in [0.25, 0.3) is 0 Å². The van der Waals surface area contributed by atoms with Gasteiger partial charge in [0.1, 0.15) is 17.2 Å². The highest BCUT2D eigenvalue weighted by molar-refractivity contribution is 6.35. The third kappa shape index (κ3) is 4.20. The molecule has 0 amide bonds. The van der Waals surface area contributed by atoms with E-state index in [1.165, 1.54) is 6.33 Å². The van der Waals surface area contributed by atoms with Crippen molar-refractivity contribution in [2.75, 3.05) is 30.8 Å². The fourth-order valence-corrected chi connectivity index (χ4v) is 1.26. The lowest BCUT2D eigenvalue weighted by Crippen LogP contribution is -2.12. The van der Waals surface area contributed by atoms with E-state index in [4.69, 9.17) is 22.1 Å². The second-order valence-electron chi connectivity index (χ2n) is 3.31. The lowest BCUT2D eigenvalue weighted by Gasteiger charge is -2.08. The van der Waals surface area contributed by atoms with E-state index in [9.17, 15) is 0 Å². The number of anilines is 2. The Labute approximate surface area is 100 Å². The largest absolute Gasteiger partial charge is 0.382 e. The van der Waals surface area contributed by atoms with Crippen LogP contribution in [0.15, 0.2) is 6.33 Å². The Bertz CT molecular complexity index is 322. The summed E-state index contributed by atoms with van der Waals surface area (Å²) in [5.74, 6) is 0.833. The molecule has 16 heavy (non-hydrogen) atoms. The topological polar surface area (TPSA) is 73.1 Å². The highest BCUT2D eigenvalue weighted by atomic mass is 35.5. The van der Waals surface area contributed by atoms with Gasteiger partial charge in [0.2, 0.25) is 0 Å². The molecule has 0 aliphatic carbocycles. The molecule has 1 rings (SSSR count). The Hall–Kier alpha value is -1.07. The van der Waals surface area contributed by atoms with Gasteiger partial charge < -0.3 is 15.8 Å². The van der Waals surface area contributed by atoms with Crippen LogP contribution < -0.4 is 11.1 Å². The third-order valence-electron chi connectivity index (χ3n) is 2.00. The van der Waals surface area contributed by atoms with Gasteiger partial charge in [0.25, 0.3) is 0 Å². The minimum Gasteiger partial charge on any atom is -0.382 e.